The number of aryl methyl sites for hydroxylation is 1. The lowest BCUT2D eigenvalue weighted by molar-refractivity contribution is 0.0635. The standard InChI is InChI=1S/C17H25N5O2/c1-5-10-22-14(8-9-20-22)12-18-13-6-7-15(19-11-13)21-16(23)24-17(2,3)4/h6-9,11,18H,5,10,12H2,1-4H3,(H,19,21,23). The maximum absolute atomic E-state index is 11.7. The first-order valence-corrected chi connectivity index (χ1v) is 8.08. The van der Waals surface area contributed by atoms with Crippen molar-refractivity contribution in [2.24, 2.45) is 0 Å². The van der Waals surface area contributed by atoms with Crippen molar-refractivity contribution in [3.63, 3.8) is 0 Å². The summed E-state index contributed by atoms with van der Waals surface area (Å²) < 4.78 is 7.17. The molecule has 0 saturated heterocycles. The van der Waals surface area contributed by atoms with E-state index in [0.29, 0.717) is 12.4 Å². The molecule has 7 nitrogen and oxygen atoms in total. The van der Waals surface area contributed by atoms with Gasteiger partial charge in [0.15, 0.2) is 0 Å². The lowest BCUT2D eigenvalue weighted by atomic mass is 10.2. The zero-order valence-electron chi connectivity index (χ0n) is 14.7. The van der Waals surface area contributed by atoms with Crippen molar-refractivity contribution < 1.29 is 9.53 Å². The van der Waals surface area contributed by atoms with Crippen LogP contribution in [0.5, 0.6) is 0 Å². The van der Waals surface area contributed by atoms with E-state index in [2.05, 4.69) is 27.6 Å². The predicted octanol–water partition coefficient (Wildman–Crippen LogP) is 3.65. The number of anilines is 2. The number of carbonyl (C=O) groups excluding carboxylic acids is 1. The molecule has 2 heterocycles. The molecule has 0 radical (unpaired) electrons. The summed E-state index contributed by atoms with van der Waals surface area (Å²) in [6.45, 7) is 9.14. The quantitative estimate of drug-likeness (QED) is 0.844. The first-order chi connectivity index (χ1) is 11.4. The Bertz CT molecular complexity index is 658. The Hall–Kier alpha value is -2.57. The van der Waals surface area contributed by atoms with Gasteiger partial charge in [-0.2, -0.15) is 5.10 Å². The highest BCUT2D eigenvalue weighted by atomic mass is 16.6. The van der Waals surface area contributed by atoms with Crippen LogP contribution in [-0.2, 0) is 17.8 Å². The van der Waals surface area contributed by atoms with E-state index in [1.54, 1.807) is 18.5 Å². The molecular weight excluding hydrogens is 306 g/mol. The van der Waals surface area contributed by atoms with Gasteiger partial charge in [0.05, 0.1) is 24.1 Å². The van der Waals surface area contributed by atoms with Gasteiger partial charge in [-0.1, -0.05) is 6.92 Å². The lowest BCUT2D eigenvalue weighted by Crippen LogP contribution is -2.27. The van der Waals surface area contributed by atoms with Gasteiger partial charge in [-0.3, -0.25) is 10.00 Å². The molecule has 0 aliphatic rings. The van der Waals surface area contributed by atoms with Crippen LogP contribution in [-0.4, -0.2) is 26.5 Å². The molecule has 2 N–H and O–H groups in total. The van der Waals surface area contributed by atoms with E-state index < -0.39 is 11.7 Å². The Morgan fingerprint density at radius 3 is 2.71 bits per heavy atom. The summed E-state index contributed by atoms with van der Waals surface area (Å²) in [7, 11) is 0. The van der Waals surface area contributed by atoms with E-state index in [0.717, 1.165) is 24.3 Å². The number of pyridine rings is 1. The van der Waals surface area contributed by atoms with Gasteiger partial charge >= 0.3 is 6.09 Å². The highest BCUT2D eigenvalue weighted by Crippen LogP contribution is 2.13. The van der Waals surface area contributed by atoms with Crippen molar-refractivity contribution in [2.45, 2.75) is 52.8 Å². The number of hydrogen-bond acceptors (Lipinski definition) is 5. The van der Waals surface area contributed by atoms with Crippen LogP contribution in [0, 0.1) is 0 Å². The molecule has 0 unspecified atom stereocenters. The summed E-state index contributed by atoms with van der Waals surface area (Å²) in [5.74, 6) is 0.450. The molecule has 0 aliphatic heterocycles. The highest BCUT2D eigenvalue weighted by molar-refractivity contribution is 5.83. The van der Waals surface area contributed by atoms with Crippen molar-refractivity contribution in [3.05, 3.63) is 36.3 Å². The highest BCUT2D eigenvalue weighted by Gasteiger charge is 2.16. The fraction of sp³-hybridized carbons (Fsp3) is 0.471. The van der Waals surface area contributed by atoms with Crippen molar-refractivity contribution >= 4 is 17.6 Å². The molecule has 7 heteroatoms. The molecule has 0 fully saturated rings. The van der Waals surface area contributed by atoms with Gasteiger partial charge < -0.3 is 10.1 Å². The smallest absolute Gasteiger partial charge is 0.413 e. The van der Waals surface area contributed by atoms with Crippen LogP contribution in [0.4, 0.5) is 16.3 Å². The van der Waals surface area contributed by atoms with E-state index in [1.165, 1.54) is 0 Å². The predicted molar refractivity (Wildman–Crippen MR) is 93.9 cm³/mol. The summed E-state index contributed by atoms with van der Waals surface area (Å²) >= 11 is 0. The molecule has 24 heavy (non-hydrogen) atoms. The van der Waals surface area contributed by atoms with E-state index in [-0.39, 0.29) is 0 Å². The minimum absolute atomic E-state index is 0.450. The molecule has 0 saturated carbocycles. The maximum Gasteiger partial charge on any atom is 0.413 e. The minimum atomic E-state index is -0.535. The number of amides is 1. The number of rotatable bonds is 6. The van der Waals surface area contributed by atoms with Crippen LogP contribution in [0.2, 0.25) is 0 Å². The third-order valence-corrected chi connectivity index (χ3v) is 3.11. The Kier molecular flexibility index (Phi) is 5.78. The zero-order chi connectivity index (χ0) is 17.6. The van der Waals surface area contributed by atoms with Crippen LogP contribution in [0.15, 0.2) is 30.6 Å². The molecule has 0 bridgehead atoms. The number of aromatic nitrogens is 3. The van der Waals surface area contributed by atoms with E-state index in [4.69, 9.17) is 4.74 Å². The van der Waals surface area contributed by atoms with Gasteiger partial charge in [0.25, 0.3) is 0 Å². The van der Waals surface area contributed by atoms with Gasteiger partial charge in [-0.15, -0.1) is 0 Å². The summed E-state index contributed by atoms with van der Waals surface area (Å²) in [4.78, 5) is 15.9. The fourth-order valence-electron chi connectivity index (χ4n) is 2.10. The lowest BCUT2D eigenvalue weighted by Gasteiger charge is -2.19. The average molecular weight is 331 g/mol. The monoisotopic (exact) mass is 331 g/mol. The number of nitrogens with zero attached hydrogens (tertiary/aromatic N) is 3. The van der Waals surface area contributed by atoms with Crippen molar-refractivity contribution in [1.29, 1.82) is 0 Å². The van der Waals surface area contributed by atoms with Crippen LogP contribution in [0.25, 0.3) is 0 Å². The van der Waals surface area contributed by atoms with E-state index >= 15 is 0 Å². The first-order valence-electron chi connectivity index (χ1n) is 8.08. The number of hydrogen-bond donors (Lipinski definition) is 2. The molecule has 0 aliphatic carbocycles. The molecule has 2 aromatic rings. The Morgan fingerprint density at radius 2 is 2.08 bits per heavy atom. The fourth-order valence-corrected chi connectivity index (χ4v) is 2.10. The normalized spacial score (nSPS) is 11.2. The van der Waals surface area contributed by atoms with Gasteiger partial charge in [0.2, 0.25) is 0 Å². The van der Waals surface area contributed by atoms with Crippen LogP contribution >= 0.6 is 0 Å². The summed E-state index contributed by atoms with van der Waals surface area (Å²) in [6, 6.07) is 5.59. The third-order valence-electron chi connectivity index (χ3n) is 3.11. The molecule has 0 atom stereocenters. The van der Waals surface area contributed by atoms with Gasteiger partial charge in [-0.05, 0) is 45.4 Å². The molecule has 1 amide bonds. The van der Waals surface area contributed by atoms with Gasteiger partial charge in [-0.25, -0.2) is 9.78 Å². The van der Waals surface area contributed by atoms with Gasteiger partial charge in [0.1, 0.15) is 11.4 Å². The summed E-state index contributed by atoms with van der Waals surface area (Å²) in [5.41, 5.74) is 1.45. The second-order valence-corrected chi connectivity index (χ2v) is 6.46. The first kappa shape index (κ1) is 17.8. The summed E-state index contributed by atoms with van der Waals surface area (Å²) in [5, 5.41) is 10.2. The van der Waals surface area contributed by atoms with Crippen molar-refractivity contribution in [1.82, 2.24) is 14.8 Å². The maximum atomic E-state index is 11.7. The third kappa shape index (κ3) is 5.57. The van der Waals surface area contributed by atoms with Crippen LogP contribution in [0.1, 0.15) is 39.8 Å². The molecule has 0 spiro atoms. The molecule has 2 rings (SSSR count). The Labute approximate surface area is 142 Å². The van der Waals surface area contributed by atoms with E-state index in [1.807, 2.05) is 37.6 Å². The largest absolute Gasteiger partial charge is 0.444 e. The zero-order valence-corrected chi connectivity index (χ0v) is 14.7. The molecule has 2 aromatic heterocycles. The second kappa shape index (κ2) is 7.81. The van der Waals surface area contributed by atoms with Crippen molar-refractivity contribution in [2.75, 3.05) is 10.6 Å². The van der Waals surface area contributed by atoms with Gasteiger partial charge in [0, 0.05) is 12.7 Å². The number of carbonyl (C=O) groups is 1. The average Bonchev–Trinajstić information content (AvgIpc) is 2.92. The minimum Gasteiger partial charge on any atom is -0.444 e. The molecule has 130 valence electrons. The Morgan fingerprint density at radius 1 is 1.29 bits per heavy atom. The topological polar surface area (TPSA) is 81.1 Å². The molecule has 0 aromatic carbocycles. The van der Waals surface area contributed by atoms with Crippen LogP contribution in [0.3, 0.4) is 0 Å². The number of nitrogens with one attached hydrogen (secondary N) is 2. The Balaban J connectivity index is 1.88. The SMILES string of the molecule is CCCn1nccc1CNc1ccc(NC(=O)OC(C)(C)C)nc1. The second-order valence-electron chi connectivity index (χ2n) is 6.46. The summed E-state index contributed by atoms with van der Waals surface area (Å²) in [6.07, 6.45) is 4.01. The van der Waals surface area contributed by atoms with E-state index in [9.17, 15) is 4.79 Å². The number of ether oxygens (including phenoxy) is 1. The van der Waals surface area contributed by atoms with Crippen molar-refractivity contribution in [3.8, 4) is 0 Å². The van der Waals surface area contributed by atoms with Crippen LogP contribution < -0.4 is 10.6 Å². The molecular formula is C17H25N5O2.